The maximum atomic E-state index is 13.8. The van der Waals surface area contributed by atoms with E-state index in [0.717, 1.165) is 16.5 Å². The first kappa shape index (κ1) is 13.7. The highest BCUT2D eigenvalue weighted by molar-refractivity contribution is 7.80. The summed E-state index contributed by atoms with van der Waals surface area (Å²) >= 11 is 4.96. The van der Waals surface area contributed by atoms with Crippen LogP contribution in [0.25, 0.3) is 10.9 Å². The van der Waals surface area contributed by atoms with Crippen LogP contribution in [0.2, 0.25) is 0 Å². The van der Waals surface area contributed by atoms with Crippen LogP contribution in [0.4, 0.5) is 8.78 Å². The van der Waals surface area contributed by atoms with Gasteiger partial charge in [-0.25, -0.2) is 8.78 Å². The van der Waals surface area contributed by atoms with Gasteiger partial charge < -0.3 is 10.3 Å². The Labute approximate surface area is 125 Å². The molecule has 0 amide bonds. The summed E-state index contributed by atoms with van der Waals surface area (Å²) in [6, 6.07) is 11.3. The molecule has 5 heteroatoms. The number of nitrogens with two attached hydrogens (primary N) is 1. The van der Waals surface area contributed by atoms with E-state index < -0.39 is 11.6 Å². The van der Waals surface area contributed by atoms with Crippen molar-refractivity contribution in [3.63, 3.8) is 0 Å². The van der Waals surface area contributed by atoms with Gasteiger partial charge in [-0.1, -0.05) is 30.4 Å². The SMILES string of the molecule is NC(=S)c1ccc2ccn(Cc3c(F)cccc3F)c2c1. The molecule has 1 heterocycles. The first-order valence-electron chi connectivity index (χ1n) is 6.38. The predicted octanol–water partition coefficient (Wildman–Crippen LogP) is 3.60. The number of fused-ring (bicyclic) bond motifs is 1. The minimum Gasteiger partial charge on any atom is -0.389 e. The molecule has 1 aromatic heterocycles. The Morgan fingerprint density at radius 1 is 1.10 bits per heavy atom. The molecule has 0 saturated heterocycles. The molecule has 2 nitrogen and oxygen atoms in total. The summed E-state index contributed by atoms with van der Waals surface area (Å²) < 4.78 is 29.3. The van der Waals surface area contributed by atoms with Crippen molar-refractivity contribution in [1.29, 1.82) is 0 Å². The number of aromatic nitrogens is 1. The summed E-state index contributed by atoms with van der Waals surface area (Å²) in [5, 5.41) is 0.965. The third kappa shape index (κ3) is 2.52. The smallest absolute Gasteiger partial charge is 0.131 e. The summed E-state index contributed by atoms with van der Waals surface area (Å²) in [5.74, 6) is -1.11. The Morgan fingerprint density at radius 3 is 2.48 bits per heavy atom. The van der Waals surface area contributed by atoms with Crippen molar-refractivity contribution >= 4 is 28.1 Å². The standard InChI is InChI=1S/C16H12F2N2S/c17-13-2-1-3-14(18)12(13)9-20-7-6-10-4-5-11(16(19)21)8-15(10)20/h1-8H,9H2,(H2,19,21). The number of benzene rings is 2. The zero-order valence-corrected chi connectivity index (χ0v) is 11.8. The Bertz CT molecular complexity index is 819. The topological polar surface area (TPSA) is 30.9 Å². The predicted molar refractivity (Wildman–Crippen MR) is 83.3 cm³/mol. The fourth-order valence-corrected chi connectivity index (χ4v) is 2.46. The van der Waals surface area contributed by atoms with E-state index in [1.54, 1.807) is 10.8 Å². The van der Waals surface area contributed by atoms with Gasteiger partial charge in [-0.2, -0.15) is 0 Å². The number of thiocarbonyl (C=S) groups is 1. The highest BCUT2D eigenvalue weighted by Crippen LogP contribution is 2.21. The lowest BCUT2D eigenvalue weighted by molar-refractivity contribution is 0.547. The summed E-state index contributed by atoms with van der Waals surface area (Å²) in [6.45, 7) is 0.114. The van der Waals surface area contributed by atoms with E-state index in [0.29, 0.717) is 4.99 Å². The van der Waals surface area contributed by atoms with Gasteiger partial charge in [0.1, 0.15) is 16.6 Å². The molecule has 0 bridgehead atoms. The normalized spacial score (nSPS) is 11.0. The van der Waals surface area contributed by atoms with Crippen molar-refractivity contribution in [3.05, 3.63) is 71.4 Å². The first-order valence-corrected chi connectivity index (χ1v) is 6.78. The van der Waals surface area contributed by atoms with Crippen molar-refractivity contribution in [2.24, 2.45) is 5.73 Å². The van der Waals surface area contributed by atoms with Crippen molar-refractivity contribution in [2.45, 2.75) is 6.54 Å². The van der Waals surface area contributed by atoms with Crippen LogP contribution >= 0.6 is 12.2 Å². The zero-order valence-electron chi connectivity index (χ0n) is 11.0. The van der Waals surface area contributed by atoms with Gasteiger partial charge in [0.05, 0.1) is 6.54 Å². The van der Waals surface area contributed by atoms with Crippen LogP contribution in [0, 0.1) is 11.6 Å². The van der Waals surface area contributed by atoms with Crippen LogP contribution in [0.15, 0.2) is 48.7 Å². The van der Waals surface area contributed by atoms with Crippen LogP contribution in [0.3, 0.4) is 0 Å². The molecule has 3 aromatic rings. The van der Waals surface area contributed by atoms with E-state index in [1.165, 1.54) is 18.2 Å². The molecule has 0 aliphatic rings. The van der Waals surface area contributed by atoms with Crippen molar-refractivity contribution in [1.82, 2.24) is 4.57 Å². The van der Waals surface area contributed by atoms with Crippen LogP contribution in [-0.2, 0) is 6.54 Å². The van der Waals surface area contributed by atoms with Gasteiger partial charge in [0.25, 0.3) is 0 Å². The van der Waals surface area contributed by atoms with E-state index in [9.17, 15) is 8.78 Å². The van der Waals surface area contributed by atoms with Crippen molar-refractivity contribution in [3.8, 4) is 0 Å². The molecule has 0 spiro atoms. The summed E-state index contributed by atoms with van der Waals surface area (Å²) in [4.78, 5) is 0.293. The van der Waals surface area contributed by atoms with Gasteiger partial charge >= 0.3 is 0 Å². The molecule has 2 aromatic carbocycles. The minimum absolute atomic E-state index is 0.0377. The van der Waals surface area contributed by atoms with Gasteiger partial charge in [0.2, 0.25) is 0 Å². The molecule has 21 heavy (non-hydrogen) atoms. The molecular weight excluding hydrogens is 290 g/mol. The van der Waals surface area contributed by atoms with Crippen LogP contribution in [0.5, 0.6) is 0 Å². The molecule has 0 saturated carbocycles. The number of halogens is 2. The summed E-state index contributed by atoms with van der Waals surface area (Å²) in [5.41, 5.74) is 7.23. The lowest BCUT2D eigenvalue weighted by atomic mass is 10.1. The number of rotatable bonds is 3. The van der Waals surface area contributed by atoms with E-state index in [1.807, 2.05) is 24.3 Å². The quantitative estimate of drug-likeness (QED) is 0.749. The van der Waals surface area contributed by atoms with E-state index >= 15 is 0 Å². The number of hydrogen-bond donors (Lipinski definition) is 1. The largest absolute Gasteiger partial charge is 0.389 e. The lowest BCUT2D eigenvalue weighted by Gasteiger charge is -2.09. The third-order valence-corrected chi connectivity index (χ3v) is 3.68. The first-order chi connectivity index (χ1) is 10.1. The molecule has 0 aliphatic carbocycles. The average molecular weight is 302 g/mol. The maximum absolute atomic E-state index is 13.8. The Morgan fingerprint density at radius 2 is 1.81 bits per heavy atom. The van der Waals surface area contributed by atoms with Crippen LogP contribution < -0.4 is 5.73 Å². The highest BCUT2D eigenvalue weighted by atomic mass is 32.1. The zero-order chi connectivity index (χ0) is 15.0. The van der Waals surface area contributed by atoms with Gasteiger partial charge in [0, 0.05) is 22.8 Å². The summed E-state index contributed by atoms with van der Waals surface area (Å²) in [6.07, 6.45) is 1.79. The molecule has 0 radical (unpaired) electrons. The fraction of sp³-hybridized carbons (Fsp3) is 0.0625. The molecular formula is C16H12F2N2S. The minimum atomic E-state index is -0.553. The maximum Gasteiger partial charge on any atom is 0.131 e. The molecule has 0 atom stereocenters. The van der Waals surface area contributed by atoms with Gasteiger partial charge in [0.15, 0.2) is 0 Å². The highest BCUT2D eigenvalue weighted by Gasteiger charge is 2.11. The average Bonchev–Trinajstić information content (AvgIpc) is 2.85. The van der Waals surface area contributed by atoms with Crippen LogP contribution in [-0.4, -0.2) is 9.56 Å². The van der Waals surface area contributed by atoms with E-state index in [-0.39, 0.29) is 12.1 Å². The van der Waals surface area contributed by atoms with Crippen molar-refractivity contribution in [2.75, 3.05) is 0 Å². The molecule has 0 fully saturated rings. The van der Waals surface area contributed by atoms with Gasteiger partial charge in [-0.15, -0.1) is 0 Å². The Kier molecular flexibility index (Phi) is 3.43. The second kappa shape index (κ2) is 5.26. The summed E-state index contributed by atoms with van der Waals surface area (Å²) in [7, 11) is 0. The molecule has 0 aliphatic heterocycles. The Balaban J connectivity index is 2.08. The third-order valence-electron chi connectivity index (χ3n) is 3.45. The van der Waals surface area contributed by atoms with E-state index in [4.69, 9.17) is 18.0 Å². The monoisotopic (exact) mass is 302 g/mol. The van der Waals surface area contributed by atoms with Crippen molar-refractivity contribution < 1.29 is 8.78 Å². The lowest BCUT2D eigenvalue weighted by Crippen LogP contribution is -2.09. The van der Waals surface area contributed by atoms with Crippen LogP contribution in [0.1, 0.15) is 11.1 Å². The molecule has 0 unspecified atom stereocenters. The molecule has 2 N–H and O–H groups in total. The molecule has 3 rings (SSSR count). The number of nitrogens with zero attached hydrogens (tertiary/aromatic N) is 1. The Hall–Kier alpha value is -2.27. The van der Waals surface area contributed by atoms with E-state index in [2.05, 4.69) is 0 Å². The van der Waals surface area contributed by atoms with Gasteiger partial charge in [-0.05, 0) is 29.7 Å². The molecule has 106 valence electrons. The van der Waals surface area contributed by atoms with Gasteiger partial charge in [-0.3, -0.25) is 0 Å². The second-order valence-electron chi connectivity index (χ2n) is 4.78. The second-order valence-corrected chi connectivity index (χ2v) is 5.22. The number of hydrogen-bond acceptors (Lipinski definition) is 1. The fourth-order valence-electron chi connectivity index (χ4n) is 2.33.